The normalized spacial score (nSPS) is 15.2. The minimum atomic E-state index is 0.680. The molecule has 3 heterocycles. The van der Waals surface area contributed by atoms with Gasteiger partial charge in [0.25, 0.3) is 0 Å². The minimum absolute atomic E-state index is 0.680. The van der Waals surface area contributed by atoms with E-state index in [0.717, 1.165) is 66.6 Å². The molecule has 0 radical (unpaired) electrons. The van der Waals surface area contributed by atoms with Crippen molar-refractivity contribution < 1.29 is 9.47 Å². The van der Waals surface area contributed by atoms with Crippen molar-refractivity contribution in [1.82, 2.24) is 20.1 Å². The highest BCUT2D eigenvalue weighted by Crippen LogP contribution is 2.18. The van der Waals surface area contributed by atoms with Crippen LogP contribution in [0.1, 0.15) is 22.5 Å². The van der Waals surface area contributed by atoms with E-state index >= 15 is 0 Å². The Kier molecular flexibility index (Phi) is 6.66. The first-order valence-corrected chi connectivity index (χ1v) is 11.3. The number of fused-ring (bicyclic) bond motifs is 1. The molecule has 0 unspecified atom stereocenters. The van der Waals surface area contributed by atoms with E-state index in [1.165, 1.54) is 5.39 Å². The van der Waals surface area contributed by atoms with Gasteiger partial charge in [-0.05, 0) is 59.0 Å². The van der Waals surface area contributed by atoms with Crippen molar-refractivity contribution in [2.75, 3.05) is 39.5 Å². The third-order valence-corrected chi connectivity index (χ3v) is 5.74. The second-order valence-electron chi connectivity index (χ2n) is 8.11. The smallest absolute Gasteiger partial charge is 0.119 e. The number of nitrogens with one attached hydrogen (secondary N) is 2. The van der Waals surface area contributed by atoms with Crippen LogP contribution in [0.4, 0.5) is 0 Å². The van der Waals surface area contributed by atoms with Crippen molar-refractivity contribution in [1.29, 1.82) is 0 Å². The molecule has 0 amide bonds. The maximum Gasteiger partial charge on any atom is 0.119 e. The number of H-pyrrole nitrogens is 2. The summed E-state index contributed by atoms with van der Waals surface area (Å²) in [7, 11) is 0. The molecule has 0 saturated carbocycles. The van der Waals surface area contributed by atoms with E-state index in [9.17, 15) is 0 Å². The highest BCUT2D eigenvalue weighted by Gasteiger charge is 2.09. The van der Waals surface area contributed by atoms with Crippen LogP contribution in [0.3, 0.4) is 0 Å². The van der Waals surface area contributed by atoms with Crippen LogP contribution >= 0.6 is 0 Å². The summed E-state index contributed by atoms with van der Waals surface area (Å²) in [5, 5.41) is 8.69. The Morgan fingerprint density at radius 2 is 1.82 bits per heavy atom. The van der Waals surface area contributed by atoms with Gasteiger partial charge in [0, 0.05) is 31.3 Å². The molecule has 1 aliphatic heterocycles. The average molecular weight is 441 g/mol. The standard InChI is InChI=1S/C27H28N4O2/c1-2-21(18-26(3-1)33-17-14-31-12-15-32-16-13-31)5-8-24-20-25(30-29-24)9-6-22-4-7-23-10-11-28-27(23)19-22/h1-11,18-20,28H,12-17H2,(H,29,30)/b8-5+,9-6+. The predicted octanol–water partition coefficient (Wildman–Crippen LogP) is 4.94. The molecular formula is C27H28N4O2. The number of ether oxygens (including phenoxy) is 2. The lowest BCUT2D eigenvalue weighted by Gasteiger charge is -2.26. The van der Waals surface area contributed by atoms with E-state index in [4.69, 9.17) is 9.47 Å². The lowest BCUT2D eigenvalue weighted by molar-refractivity contribution is 0.0322. The highest BCUT2D eigenvalue weighted by atomic mass is 16.5. The molecule has 4 aromatic rings. The summed E-state index contributed by atoms with van der Waals surface area (Å²) < 4.78 is 11.3. The molecule has 0 spiro atoms. The van der Waals surface area contributed by atoms with Gasteiger partial charge in [0.2, 0.25) is 0 Å². The topological polar surface area (TPSA) is 66.2 Å². The van der Waals surface area contributed by atoms with Gasteiger partial charge in [-0.1, -0.05) is 36.4 Å². The fraction of sp³-hybridized carbons (Fsp3) is 0.222. The van der Waals surface area contributed by atoms with E-state index in [0.29, 0.717) is 6.61 Å². The van der Waals surface area contributed by atoms with E-state index in [1.54, 1.807) is 0 Å². The largest absolute Gasteiger partial charge is 0.492 e. The molecule has 0 atom stereocenters. The van der Waals surface area contributed by atoms with Crippen LogP contribution < -0.4 is 4.74 Å². The molecule has 1 fully saturated rings. The number of hydrogen-bond donors (Lipinski definition) is 2. The Hall–Kier alpha value is -3.61. The van der Waals surface area contributed by atoms with Crippen molar-refractivity contribution in [2.24, 2.45) is 0 Å². The lowest BCUT2D eigenvalue weighted by atomic mass is 10.1. The van der Waals surface area contributed by atoms with Crippen LogP contribution in [-0.4, -0.2) is 59.5 Å². The summed E-state index contributed by atoms with van der Waals surface area (Å²) in [5.41, 5.74) is 5.20. The number of hydrogen-bond acceptors (Lipinski definition) is 4. The van der Waals surface area contributed by atoms with Gasteiger partial charge in [0.15, 0.2) is 0 Å². The second kappa shape index (κ2) is 10.3. The number of nitrogens with zero attached hydrogens (tertiary/aromatic N) is 2. The molecule has 33 heavy (non-hydrogen) atoms. The van der Waals surface area contributed by atoms with Gasteiger partial charge < -0.3 is 14.5 Å². The Morgan fingerprint density at radius 1 is 0.939 bits per heavy atom. The Labute approximate surface area is 193 Å². The fourth-order valence-corrected chi connectivity index (χ4v) is 3.89. The third kappa shape index (κ3) is 5.80. The molecule has 6 nitrogen and oxygen atoms in total. The van der Waals surface area contributed by atoms with Gasteiger partial charge in [-0.3, -0.25) is 10.00 Å². The first kappa shape index (κ1) is 21.2. The molecule has 2 N–H and O–H groups in total. The predicted molar refractivity (Wildman–Crippen MR) is 134 cm³/mol. The van der Waals surface area contributed by atoms with Gasteiger partial charge in [0.1, 0.15) is 12.4 Å². The fourth-order valence-electron chi connectivity index (χ4n) is 3.89. The summed E-state index contributed by atoms with van der Waals surface area (Å²) in [6, 6.07) is 18.6. The van der Waals surface area contributed by atoms with Crippen LogP contribution in [0.25, 0.3) is 35.2 Å². The third-order valence-electron chi connectivity index (χ3n) is 5.74. The Morgan fingerprint density at radius 3 is 2.76 bits per heavy atom. The van der Waals surface area contributed by atoms with Crippen LogP contribution in [0.5, 0.6) is 5.75 Å². The van der Waals surface area contributed by atoms with Crippen LogP contribution in [0.2, 0.25) is 0 Å². The molecule has 1 aliphatic rings. The van der Waals surface area contributed by atoms with Gasteiger partial charge in [-0.2, -0.15) is 5.10 Å². The molecule has 1 saturated heterocycles. The zero-order valence-corrected chi connectivity index (χ0v) is 18.5. The molecule has 6 heteroatoms. The first-order chi connectivity index (χ1) is 16.3. The zero-order valence-electron chi connectivity index (χ0n) is 18.5. The van der Waals surface area contributed by atoms with Gasteiger partial charge in [-0.25, -0.2) is 0 Å². The number of aromatic amines is 2. The maximum absolute atomic E-state index is 5.95. The number of morpholine rings is 1. The minimum Gasteiger partial charge on any atom is -0.492 e. The van der Waals surface area contributed by atoms with Crippen molar-refractivity contribution >= 4 is 35.2 Å². The summed E-state index contributed by atoms with van der Waals surface area (Å²) in [4.78, 5) is 5.62. The summed E-state index contributed by atoms with van der Waals surface area (Å²) in [6.07, 6.45) is 10.1. The maximum atomic E-state index is 5.95. The van der Waals surface area contributed by atoms with Crippen molar-refractivity contribution in [2.45, 2.75) is 0 Å². The molecule has 5 rings (SSSR count). The van der Waals surface area contributed by atoms with Crippen molar-refractivity contribution in [3.05, 3.63) is 83.3 Å². The second-order valence-corrected chi connectivity index (χ2v) is 8.11. The molecule has 0 aliphatic carbocycles. The van der Waals surface area contributed by atoms with Gasteiger partial charge in [-0.15, -0.1) is 0 Å². The van der Waals surface area contributed by atoms with Crippen LogP contribution in [0.15, 0.2) is 60.8 Å². The number of rotatable bonds is 8. The van der Waals surface area contributed by atoms with Crippen molar-refractivity contribution in [3.63, 3.8) is 0 Å². The lowest BCUT2D eigenvalue weighted by Crippen LogP contribution is -2.38. The van der Waals surface area contributed by atoms with E-state index < -0.39 is 0 Å². The summed E-state index contributed by atoms with van der Waals surface area (Å²) in [5.74, 6) is 0.884. The molecule has 2 aromatic heterocycles. The van der Waals surface area contributed by atoms with E-state index in [-0.39, 0.29) is 0 Å². The zero-order chi connectivity index (χ0) is 22.3. The van der Waals surface area contributed by atoms with E-state index in [2.05, 4.69) is 68.6 Å². The van der Waals surface area contributed by atoms with Crippen LogP contribution in [-0.2, 0) is 4.74 Å². The number of aromatic nitrogens is 3. The summed E-state index contributed by atoms with van der Waals surface area (Å²) in [6.45, 7) is 5.19. The molecule has 2 aromatic carbocycles. The highest BCUT2D eigenvalue weighted by molar-refractivity contribution is 5.83. The molecule has 168 valence electrons. The SMILES string of the molecule is C(=C\c1cc(/C=C/c2ccc3cc[nH]c3c2)[nH]n1)/c1cccc(OCCN2CCOCC2)c1. The molecular weight excluding hydrogens is 412 g/mol. The van der Waals surface area contributed by atoms with Gasteiger partial charge >= 0.3 is 0 Å². The monoisotopic (exact) mass is 440 g/mol. The van der Waals surface area contributed by atoms with Gasteiger partial charge in [0.05, 0.1) is 24.6 Å². The summed E-state index contributed by atoms with van der Waals surface area (Å²) >= 11 is 0. The van der Waals surface area contributed by atoms with Crippen LogP contribution in [0, 0.1) is 0 Å². The quantitative estimate of drug-likeness (QED) is 0.407. The van der Waals surface area contributed by atoms with E-state index in [1.807, 2.05) is 36.5 Å². The first-order valence-electron chi connectivity index (χ1n) is 11.3. The number of benzene rings is 2. The Bertz CT molecular complexity index is 1250. The average Bonchev–Trinajstić information content (AvgIpc) is 3.51. The molecule has 0 bridgehead atoms. The Balaban J connectivity index is 1.16. The van der Waals surface area contributed by atoms with Crippen molar-refractivity contribution in [3.8, 4) is 5.75 Å².